The number of hydrogen-bond donors (Lipinski definition) is 1. The van der Waals surface area contributed by atoms with Crippen molar-refractivity contribution in [2.24, 2.45) is 11.7 Å². The summed E-state index contributed by atoms with van der Waals surface area (Å²) < 4.78 is 12.2. The summed E-state index contributed by atoms with van der Waals surface area (Å²) in [6.07, 6.45) is 2.56. The molecule has 100 valence electrons. The summed E-state index contributed by atoms with van der Waals surface area (Å²) in [4.78, 5) is 0. The number of ether oxygens (including phenoxy) is 2. The molecule has 0 aromatic heterocycles. The van der Waals surface area contributed by atoms with Gasteiger partial charge in [0.25, 0.3) is 0 Å². The number of rotatable bonds is 6. The highest BCUT2D eigenvalue weighted by atomic mass is 79.9. The molecule has 18 heavy (non-hydrogen) atoms. The second kappa shape index (κ2) is 5.93. The van der Waals surface area contributed by atoms with Gasteiger partial charge in [0.1, 0.15) is 0 Å². The number of nitrogens with two attached hydrogens (primary N) is 1. The lowest BCUT2D eigenvalue weighted by Gasteiger charge is -2.16. The number of hydrogen-bond acceptors (Lipinski definition) is 3. The first-order valence-corrected chi connectivity index (χ1v) is 7.15. The van der Waals surface area contributed by atoms with E-state index in [0.29, 0.717) is 12.5 Å². The fraction of sp³-hybridized carbons (Fsp3) is 0.571. The van der Waals surface area contributed by atoms with Crippen LogP contribution in [0.4, 0.5) is 0 Å². The van der Waals surface area contributed by atoms with Gasteiger partial charge in [0.2, 0.25) is 0 Å². The molecule has 0 heterocycles. The summed E-state index contributed by atoms with van der Waals surface area (Å²) in [7, 11) is 1.66. The predicted octanol–water partition coefficient (Wildman–Crippen LogP) is 3.31. The van der Waals surface area contributed by atoms with E-state index in [9.17, 15) is 0 Å². The fourth-order valence-corrected chi connectivity index (χ4v) is 2.43. The van der Waals surface area contributed by atoms with Crippen molar-refractivity contribution in [3.63, 3.8) is 0 Å². The zero-order valence-corrected chi connectivity index (χ0v) is 12.5. The number of methoxy groups -OCH3 is 1. The number of benzene rings is 1. The minimum absolute atomic E-state index is 0.315. The lowest BCUT2D eigenvalue weighted by molar-refractivity contribution is 0.279. The smallest absolute Gasteiger partial charge is 0.174 e. The van der Waals surface area contributed by atoms with Crippen LogP contribution in [0.2, 0.25) is 0 Å². The Labute approximate surface area is 117 Å². The number of halogens is 1. The van der Waals surface area contributed by atoms with Crippen LogP contribution < -0.4 is 15.2 Å². The maximum Gasteiger partial charge on any atom is 0.174 e. The fourth-order valence-electron chi connectivity index (χ4n) is 1.81. The van der Waals surface area contributed by atoms with Crippen LogP contribution in [-0.2, 0) is 0 Å². The Balaban J connectivity index is 2.23. The van der Waals surface area contributed by atoms with Crippen molar-refractivity contribution in [3.8, 4) is 11.5 Å². The topological polar surface area (TPSA) is 44.5 Å². The minimum Gasteiger partial charge on any atom is -0.492 e. The molecule has 2 rings (SSSR count). The Bertz CT molecular complexity index is 419. The molecule has 3 nitrogen and oxygen atoms in total. The van der Waals surface area contributed by atoms with E-state index < -0.39 is 0 Å². The Morgan fingerprint density at radius 2 is 2.17 bits per heavy atom. The van der Waals surface area contributed by atoms with E-state index in [1.165, 1.54) is 18.4 Å². The molecule has 0 spiro atoms. The van der Waals surface area contributed by atoms with Crippen LogP contribution >= 0.6 is 15.9 Å². The van der Waals surface area contributed by atoms with Crippen molar-refractivity contribution in [2.75, 3.05) is 20.3 Å². The van der Waals surface area contributed by atoms with Gasteiger partial charge in [-0.05, 0) is 64.8 Å². The van der Waals surface area contributed by atoms with Crippen molar-refractivity contribution >= 4 is 15.9 Å². The molecule has 1 fully saturated rings. The van der Waals surface area contributed by atoms with Gasteiger partial charge in [-0.1, -0.05) is 6.92 Å². The third kappa shape index (κ3) is 3.18. The summed E-state index contributed by atoms with van der Waals surface area (Å²) in [6.45, 7) is 3.52. The van der Waals surface area contributed by atoms with Crippen molar-refractivity contribution in [1.82, 2.24) is 0 Å². The van der Waals surface area contributed by atoms with Gasteiger partial charge < -0.3 is 15.2 Å². The Morgan fingerprint density at radius 1 is 1.44 bits per heavy atom. The quantitative estimate of drug-likeness (QED) is 0.876. The second-order valence-corrected chi connectivity index (χ2v) is 5.78. The summed E-state index contributed by atoms with van der Waals surface area (Å²) in [6, 6.07) is 4.10. The predicted molar refractivity (Wildman–Crippen MR) is 76.4 cm³/mol. The lowest BCUT2D eigenvalue weighted by atomic mass is 10.0. The van der Waals surface area contributed by atoms with Crippen molar-refractivity contribution in [2.45, 2.75) is 25.7 Å². The molecule has 4 heteroatoms. The highest BCUT2D eigenvalue weighted by Gasteiger charge is 2.23. The molecule has 1 aromatic carbocycles. The van der Waals surface area contributed by atoms with Crippen LogP contribution in [0.5, 0.6) is 11.5 Å². The van der Waals surface area contributed by atoms with Crippen LogP contribution in [0.25, 0.3) is 0 Å². The average molecular weight is 314 g/mol. The largest absolute Gasteiger partial charge is 0.492 e. The third-order valence-electron chi connectivity index (χ3n) is 3.33. The summed E-state index contributed by atoms with van der Waals surface area (Å²) >= 11 is 3.53. The van der Waals surface area contributed by atoms with Gasteiger partial charge in [0.15, 0.2) is 11.5 Å². The van der Waals surface area contributed by atoms with E-state index in [1.54, 1.807) is 7.11 Å². The highest BCUT2D eigenvalue weighted by molar-refractivity contribution is 9.10. The van der Waals surface area contributed by atoms with Gasteiger partial charge in [0, 0.05) is 0 Å². The zero-order valence-electron chi connectivity index (χ0n) is 10.9. The first-order chi connectivity index (χ1) is 8.65. The van der Waals surface area contributed by atoms with Gasteiger partial charge in [-0.3, -0.25) is 0 Å². The maximum absolute atomic E-state index is 5.87. The Kier molecular flexibility index (Phi) is 4.51. The van der Waals surface area contributed by atoms with E-state index in [-0.39, 0.29) is 0 Å². The van der Waals surface area contributed by atoms with Crippen molar-refractivity contribution in [3.05, 3.63) is 22.2 Å². The summed E-state index contributed by atoms with van der Waals surface area (Å²) in [5, 5.41) is 0. The summed E-state index contributed by atoms with van der Waals surface area (Å²) in [5.41, 5.74) is 6.90. The van der Waals surface area contributed by atoms with Crippen molar-refractivity contribution < 1.29 is 9.47 Å². The molecular formula is C14H20BrNO2. The molecule has 0 saturated heterocycles. The standard InChI is InChI=1S/C14H20BrNO2/c1-9(7-16)11-5-12(15)14(17-2)13(6-11)18-8-10-3-4-10/h5-6,9-10H,3-4,7-8,16H2,1-2H3. The van der Waals surface area contributed by atoms with E-state index in [2.05, 4.69) is 28.9 Å². The van der Waals surface area contributed by atoms with Crippen molar-refractivity contribution in [1.29, 1.82) is 0 Å². The molecule has 1 unspecified atom stereocenters. The van der Waals surface area contributed by atoms with Crippen LogP contribution in [-0.4, -0.2) is 20.3 Å². The average Bonchev–Trinajstić information content (AvgIpc) is 3.18. The summed E-state index contributed by atoms with van der Waals surface area (Å²) in [5.74, 6) is 2.62. The first-order valence-electron chi connectivity index (χ1n) is 6.36. The molecule has 1 aromatic rings. The molecule has 1 saturated carbocycles. The lowest BCUT2D eigenvalue weighted by Crippen LogP contribution is -2.10. The molecule has 0 radical (unpaired) electrons. The minimum atomic E-state index is 0.315. The van der Waals surface area contributed by atoms with Gasteiger partial charge in [0.05, 0.1) is 18.2 Å². The van der Waals surface area contributed by atoms with E-state index in [4.69, 9.17) is 15.2 Å². The molecular weight excluding hydrogens is 294 g/mol. The molecule has 0 amide bonds. The molecule has 2 N–H and O–H groups in total. The molecule has 1 atom stereocenters. The van der Waals surface area contributed by atoms with Crippen LogP contribution in [0.3, 0.4) is 0 Å². The van der Waals surface area contributed by atoms with Gasteiger partial charge in [-0.25, -0.2) is 0 Å². The van der Waals surface area contributed by atoms with Gasteiger partial charge in [-0.2, -0.15) is 0 Å². The van der Waals surface area contributed by atoms with E-state index in [0.717, 1.165) is 28.5 Å². The first kappa shape index (κ1) is 13.7. The van der Waals surface area contributed by atoms with Gasteiger partial charge >= 0.3 is 0 Å². The van der Waals surface area contributed by atoms with Crippen LogP contribution in [0.1, 0.15) is 31.2 Å². The second-order valence-electron chi connectivity index (χ2n) is 4.93. The normalized spacial score (nSPS) is 16.4. The molecule has 1 aliphatic rings. The van der Waals surface area contributed by atoms with E-state index >= 15 is 0 Å². The maximum atomic E-state index is 5.87. The Hall–Kier alpha value is -0.740. The zero-order chi connectivity index (χ0) is 13.1. The Morgan fingerprint density at radius 3 is 2.72 bits per heavy atom. The molecule has 1 aliphatic carbocycles. The monoisotopic (exact) mass is 313 g/mol. The molecule has 0 aliphatic heterocycles. The van der Waals surface area contributed by atoms with Gasteiger partial charge in [-0.15, -0.1) is 0 Å². The third-order valence-corrected chi connectivity index (χ3v) is 3.92. The van der Waals surface area contributed by atoms with E-state index in [1.807, 2.05) is 6.07 Å². The highest BCUT2D eigenvalue weighted by Crippen LogP contribution is 2.39. The molecule has 0 bridgehead atoms. The SMILES string of the molecule is COc1c(Br)cc(C(C)CN)cc1OCC1CC1. The van der Waals surface area contributed by atoms with Crippen LogP contribution in [0, 0.1) is 5.92 Å². The van der Waals surface area contributed by atoms with Crippen LogP contribution in [0.15, 0.2) is 16.6 Å².